The lowest BCUT2D eigenvalue weighted by molar-refractivity contribution is 0.918. The fourth-order valence-electron chi connectivity index (χ4n) is 7.55. The second-order valence-electron chi connectivity index (χ2n) is 13.5. The number of nitrogens with zero attached hydrogens (tertiary/aromatic N) is 5. The molecule has 0 aliphatic rings. The van der Waals surface area contributed by atoms with Gasteiger partial charge in [-0.25, -0.2) is 19.6 Å². The highest BCUT2D eigenvalue weighted by Crippen LogP contribution is 2.48. The molecule has 258 valence electrons. The highest BCUT2D eigenvalue weighted by atomic mass is 15.3. The molecule has 0 bridgehead atoms. The number of aromatic nitrogens is 5. The van der Waals surface area contributed by atoms with Gasteiger partial charge in [-0.05, 0) is 40.3 Å². The molecule has 0 amide bonds. The molecule has 8 aromatic carbocycles. The number of rotatable bonds is 7. The Morgan fingerprint density at radius 2 is 0.800 bits per heavy atom. The molecule has 0 aliphatic carbocycles. The standard InChI is InChI=1S/C50H33N5/c1-6-19-34(20-7-1)38-27-18-28-39(33-38)49-51-48(37-25-12-4-13-26-37)52-50(53-49)44-41-31-16-17-32-42(41)47-45(43(44)35-21-8-2-9-22-35)46(36-23-10-3-11-24-36)54-55(47)40-29-14-5-15-30-40/h1-33H. The van der Waals surface area contributed by atoms with Crippen molar-refractivity contribution in [3.63, 3.8) is 0 Å². The zero-order valence-corrected chi connectivity index (χ0v) is 29.8. The van der Waals surface area contributed by atoms with Crippen LogP contribution in [0.15, 0.2) is 200 Å². The molecule has 0 saturated carbocycles. The summed E-state index contributed by atoms with van der Waals surface area (Å²) in [6.07, 6.45) is 0. The Bertz CT molecular complexity index is 2940. The molecular formula is C50H33N5. The number of fused-ring (bicyclic) bond motifs is 3. The fourth-order valence-corrected chi connectivity index (χ4v) is 7.55. The largest absolute Gasteiger partial charge is 0.232 e. The minimum atomic E-state index is 0.595. The van der Waals surface area contributed by atoms with Crippen molar-refractivity contribution in [3.8, 4) is 73.4 Å². The Kier molecular flexibility index (Phi) is 8.08. The predicted molar refractivity (Wildman–Crippen MR) is 225 cm³/mol. The highest BCUT2D eigenvalue weighted by Gasteiger charge is 2.27. The van der Waals surface area contributed by atoms with E-state index < -0.39 is 0 Å². The Hall–Kier alpha value is -7.50. The Morgan fingerprint density at radius 1 is 0.327 bits per heavy atom. The minimum absolute atomic E-state index is 0.595. The molecule has 0 aliphatic heterocycles. The lowest BCUT2D eigenvalue weighted by atomic mass is 9.88. The summed E-state index contributed by atoms with van der Waals surface area (Å²) in [5, 5.41) is 8.55. The van der Waals surface area contributed by atoms with Crippen molar-refractivity contribution in [1.82, 2.24) is 24.7 Å². The Balaban J connectivity index is 1.35. The maximum Gasteiger partial charge on any atom is 0.165 e. The van der Waals surface area contributed by atoms with Gasteiger partial charge in [-0.15, -0.1) is 0 Å². The van der Waals surface area contributed by atoms with Gasteiger partial charge in [0.1, 0.15) is 5.69 Å². The van der Waals surface area contributed by atoms with Crippen LogP contribution in [-0.4, -0.2) is 24.7 Å². The third-order valence-corrected chi connectivity index (χ3v) is 10.1. The lowest BCUT2D eigenvalue weighted by Gasteiger charge is -2.18. The van der Waals surface area contributed by atoms with E-state index in [2.05, 4.69) is 168 Å². The van der Waals surface area contributed by atoms with E-state index in [0.717, 1.165) is 77.6 Å². The second kappa shape index (κ2) is 13.8. The summed E-state index contributed by atoms with van der Waals surface area (Å²) in [6.45, 7) is 0. The molecule has 5 heteroatoms. The van der Waals surface area contributed by atoms with E-state index in [1.807, 2.05) is 36.4 Å². The third kappa shape index (κ3) is 5.85. The summed E-state index contributed by atoms with van der Waals surface area (Å²) in [4.78, 5) is 15.9. The minimum Gasteiger partial charge on any atom is -0.232 e. The average molecular weight is 704 g/mol. The molecule has 2 aromatic heterocycles. The van der Waals surface area contributed by atoms with Crippen LogP contribution in [0.2, 0.25) is 0 Å². The van der Waals surface area contributed by atoms with Crippen LogP contribution in [0.5, 0.6) is 0 Å². The molecule has 0 unspecified atom stereocenters. The van der Waals surface area contributed by atoms with E-state index in [9.17, 15) is 0 Å². The first kappa shape index (κ1) is 32.2. The molecule has 2 heterocycles. The van der Waals surface area contributed by atoms with Gasteiger partial charge in [0, 0.05) is 38.6 Å². The normalized spacial score (nSPS) is 11.3. The average Bonchev–Trinajstić information content (AvgIpc) is 3.68. The summed E-state index contributed by atoms with van der Waals surface area (Å²) in [5.74, 6) is 1.81. The van der Waals surface area contributed by atoms with Gasteiger partial charge in [0.15, 0.2) is 17.5 Å². The zero-order chi connectivity index (χ0) is 36.6. The smallest absolute Gasteiger partial charge is 0.165 e. The fraction of sp³-hybridized carbons (Fsp3) is 0. The van der Waals surface area contributed by atoms with Gasteiger partial charge < -0.3 is 0 Å². The molecule has 55 heavy (non-hydrogen) atoms. The van der Waals surface area contributed by atoms with Crippen LogP contribution in [-0.2, 0) is 0 Å². The number of hydrogen-bond acceptors (Lipinski definition) is 4. The number of para-hydroxylation sites is 1. The second-order valence-corrected chi connectivity index (χ2v) is 13.5. The van der Waals surface area contributed by atoms with Gasteiger partial charge >= 0.3 is 0 Å². The molecule has 0 N–H and O–H groups in total. The monoisotopic (exact) mass is 703 g/mol. The third-order valence-electron chi connectivity index (χ3n) is 10.1. The van der Waals surface area contributed by atoms with Gasteiger partial charge in [-0.1, -0.05) is 182 Å². The van der Waals surface area contributed by atoms with Crippen LogP contribution >= 0.6 is 0 Å². The summed E-state index contributed by atoms with van der Waals surface area (Å²) >= 11 is 0. The topological polar surface area (TPSA) is 56.5 Å². The van der Waals surface area contributed by atoms with E-state index in [4.69, 9.17) is 20.1 Å². The van der Waals surface area contributed by atoms with Gasteiger partial charge in [0.05, 0.1) is 11.2 Å². The van der Waals surface area contributed by atoms with Gasteiger partial charge in [0.2, 0.25) is 0 Å². The van der Waals surface area contributed by atoms with Gasteiger partial charge in [-0.2, -0.15) is 5.10 Å². The van der Waals surface area contributed by atoms with Crippen molar-refractivity contribution in [2.75, 3.05) is 0 Å². The maximum absolute atomic E-state index is 5.43. The van der Waals surface area contributed by atoms with Gasteiger partial charge in [-0.3, -0.25) is 0 Å². The van der Waals surface area contributed by atoms with E-state index in [1.54, 1.807) is 0 Å². The quantitative estimate of drug-likeness (QED) is 0.166. The van der Waals surface area contributed by atoms with Crippen molar-refractivity contribution in [3.05, 3.63) is 200 Å². The van der Waals surface area contributed by atoms with E-state index in [-0.39, 0.29) is 0 Å². The Morgan fingerprint density at radius 3 is 1.45 bits per heavy atom. The summed E-state index contributed by atoms with van der Waals surface area (Å²) < 4.78 is 2.10. The number of hydrogen-bond donors (Lipinski definition) is 0. The lowest BCUT2D eigenvalue weighted by Crippen LogP contribution is -2.03. The van der Waals surface area contributed by atoms with Gasteiger partial charge in [0.25, 0.3) is 0 Å². The van der Waals surface area contributed by atoms with Crippen LogP contribution in [0.25, 0.3) is 95.0 Å². The summed E-state index contributed by atoms with van der Waals surface area (Å²) in [6, 6.07) is 69.0. The van der Waals surface area contributed by atoms with Crippen molar-refractivity contribution in [2.45, 2.75) is 0 Å². The van der Waals surface area contributed by atoms with E-state index in [1.165, 1.54) is 0 Å². The molecule has 0 spiro atoms. The van der Waals surface area contributed by atoms with Crippen molar-refractivity contribution >= 4 is 21.7 Å². The van der Waals surface area contributed by atoms with Crippen LogP contribution in [0.1, 0.15) is 0 Å². The number of benzene rings is 8. The molecule has 0 saturated heterocycles. The molecule has 10 aromatic rings. The van der Waals surface area contributed by atoms with Crippen LogP contribution < -0.4 is 0 Å². The molecule has 5 nitrogen and oxygen atoms in total. The van der Waals surface area contributed by atoms with Crippen LogP contribution in [0, 0.1) is 0 Å². The molecule has 0 atom stereocenters. The van der Waals surface area contributed by atoms with Crippen LogP contribution in [0.3, 0.4) is 0 Å². The first-order valence-electron chi connectivity index (χ1n) is 18.4. The van der Waals surface area contributed by atoms with Crippen LogP contribution in [0.4, 0.5) is 0 Å². The van der Waals surface area contributed by atoms with Crippen molar-refractivity contribution in [2.24, 2.45) is 0 Å². The molecule has 0 radical (unpaired) electrons. The van der Waals surface area contributed by atoms with E-state index >= 15 is 0 Å². The van der Waals surface area contributed by atoms with E-state index in [0.29, 0.717) is 17.5 Å². The van der Waals surface area contributed by atoms with Crippen molar-refractivity contribution in [1.29, 1.82) is 0 Å². The molecule has 10 rings (SSSR count). The highest BCUT2D eigenvalue weighted by molar-refractivity contribution is 6.23. The maximum atomic E-state index is 5.43. The molecular weight excluding hydrogens is 671 g/mol. The predicted octanol–water partition coefficient (Wildman–Crippen LogP) is 12.4. The molecule has 0 fully saturated rings. The van der Waals surface area contributed by atoms with Crippen molar-refractivity contribution < 1.29 is 0 Å². The first-order valence-corrected chi connectivity index (χ1v) is 18.4. The first-order chi connectivity index (χ1) is 27.3. The zero-order valence-electron chi connectivity index (χ0n) is 29.8. The summed E-state index contributed by atoms with van der Waals surface area (Å²) in [5.41, 5.74) is 11.0. The Labute approximate surface area is 318 Å². The SMILES string of the molecule is c1ccc(-c2cccc(-c3nc(-c4ccccc4)nc(-c4c(-c5ccccc5)c5c(-c6ccccc6)nn(-c6ccccc6)c5c5ccccc45)n3)c2)cc1. The summed E-state index contributed by atoms with van der Waals surface area (Å²) in [7, 11) is 0.